The second kappa shape index (κ2) is 5.95. The zero-order valence-corrected chi connectivity index (χ0v) is 13.4. The fourth-order valence-electron chi connectivity index (χ4n) is 3.92. The van der Waals surface area contributed by atoms with E-state index in [1.165, 1.54) is 12.8 Å². The van der Waals surface area contributed by atoms with Gasteiger partial charge in [0.2, 0.25) is 11.8 Å². The van der Waals surface area contributed by atoms with Gasteiger partial charge in [-0.1, -0.05) is 0 Å². The molecule has 3 heterocycles. The second-order valence-electron chi connectivity index (χ2n) is 7.11. The highest BCUT2D eigenvalue weighted by molar-refractivity contribution is 5.89. The van der Waals surface area contributed by atoms with Gasteiger partial charge in [-0.3, -0.25) is 14.6 Å². The summed E-state index contributed by atoms with van der Waals surface area (Å²) in [6.45, 7) is 2.28. The van der Waals surface area contributed by atoms with Gasteiger partial charge in [-0.05, 0) is 49.3 Å². The summed E-state index contributed by atoms with van der Waals surface area (Å²) in [5.41, 5.74) is 1.16. The lowest BCUT2D eigenvalue weighted by Crippen LogP contribution is -2.37. The normalized spacial score (nSPS) is 27.7. The molecule has 1 aromatic heterocycles. The first-order valence-electron chi connectivity index (χ1n) is 8.70. The molecule has 2 atom stereocenters. The molecule has 3 aliphatic rings. The molecular weight excluding hydrogens is 290 g/mol. The quantitative estimate of drug-likeness (QED) is 0.854. The maximum Gasteiger partial charge on any atom is 0.228 e. The number of rotatable bonds is 4. The van der Waals surface area contributed by atoms with Crippen LogP contribution in [-0.4, -0.2) is 46.2 Å². The van der Waals surface area contributed by atoms with Gasteiger partial charge < -0.3 is 9.80 Å². The highest BCUT2D eigenvalue weighted by atomic mass is 16.2. The van der Waals surface area contributed by atoms with Gasteiger partial charge in [0.15, 0.2) is 0 Å². The lowest BCUT2D eigenvalue weighted by Gasteiger charge is -2.27. The van der Waals surface area contributed by atoms with Gasteiger partial charge in [-0.2, -0.15) is 0 Å². The Balaban J connectivity index is 1.44. The van der Waals surface area contributed by atoms with Crippen molar-refractivity contribution < 1.29 is 9.59 Å². The fourth-order valence-corrected chi connectivity index (χ4v) is 3.92. The van der Waals surface area contributed by atoms with Crippen LogP contribution >= 0.6 is 0 Å². The van der Waals surface area contributed by atoms with Crippen LogP contribution in [0.1, 0.15) is 43.7 Å². The molecule has 1 aromatic rings. The van der Waals surface area contributed by atoms with E-state index < -0.39 is 0 Å². The van der Waals surface area contributed by atoms with Crippen LogP contribution in [0, 0.1) is 11.8 Å². The number of hydrogen-bond donors (Lipinski definition) is 0. The minimum Gasteiger partial charge on any atom is -0.342 e. The molecule has 1 saturated carbocycles. The summed E-state index contributed by atoms with van der Waals surface area (Å²) >= 11 is 0. The van der Waals surface area contributed by atoms with E-state index in [0.717, 1.165) is 31.5 Å². The van der Waals surface area contributed by atoms with Crippen LogP contribution in [0.3, 0.4) is 0 Å². The van der Waals surface area contributed by atoms with E-state index in [0.29, 0.717) is 18.9 Å². The zero-order valence-electron chi connectivity index (χ0n) is 13.4. The molecule has 0 N–H and O–H groups in total. The Morgan fingerprint density at radius 1 is 1.22 bits per heavy atom. The predicted molar refractivity (Wildman–Crippen MR) is 85.3 cm³/mol. The number of carbonyl (C=O) groups excluding carboxylic acids is 2. The largest absolute Gasteiger partial charge is 0.342 e. The zero-order chi connectivity index (χ0) is 15.8. The number of aromatic nitrogens is 1. The number of likely N-dealkylation sites (tertiary alicyclic amines) is 2. The number of carbonyl (C=O) groups is 2. The van der Waals surface area contributed by atoms with Crippen molar-refractivity contribution in [2.45, 2.75) is 38.1 Å². The van der Waals surface area contributed by atoms with E-state index in [9.17, 15) is 9.59 Å². The van der Waals surface area contributed by atoms with Crippen LogP contribution in [0.15, 0.2) is 24.5 Å². The molecule has 5 nitrogen and oxygen atoms in total. The second-order valence-corrected chi connectivity index (χ2v) is 7.11. The van der Waals surface area contributed by atoms with Crippen molar-refractivity contribution in [3.63, 3.8) is 0 Å². The van der Waals surface area contributed by atoms with Crippen molar-refractivity contribution in [2.24, 2.45) is 11.8 Å². The molecule has 0 bridgehead atoms. The molecule has 2 saturated heterocycles. The topological polar surface area (TPSA) is 53.5 Å². The molecule has 23 heavy (non-hydrogen) atoms. The fraction of sp³-hybridized carbons (Fsp3) is 0.611. The Bertz CT molecular complexity index is 600. The molecule has 1 aliphatic carbocycles. The lowest BCUT2D eigenvalue weighted by atomic mass is 10.0. The minimum absolute atomic E-state index is 0.149. The first kappa shape index (κ1) is 14.7. The molecular formula is C18H23N3O2. The molecule has 2 aliphatic heterocycles. The number of nitrogens with zero attached hydrogens (tertiary/aromatic N) is 3. The Labute approximate surface area is 136 Å². The monoisotopic (exact) mass is 313 g/mol. The molecule has 0 aromatic carbocycles. The van der Waals surface area contributed by atoms with Gasteiger partial charge in [0, 0.05) is 38.4 Å². The molecule has 3 fully saturated rings. The number of amides is 2. The Morgan fingerprint density at radius 2 is 2.00 bits per heavy atom. The third-order valence-electron chi connectivity index (χ3n) is 5.37. The van der Waals surface area contributed by atoms with Crippen molar-refractivity contribution in [3.8, 4) is 0 Å². The highest BCUT2D eigenvalue weighted by Crippen LogP contribution is 2.36. The van der Waals surface area contributed by atoms with Crippen molar-refractivity contribution in [1.29, 1.82) is 0 Å². The predicted octanol–water partition coefficient (Wildman–Crippen LogP) is 2.00. The number of pyridine rings is 1. The van der Waals surface area contributed by atoms with Crippen LogP contribution < -0.4 is 0 Å². The minimum atomic E-state index is -0.149. The van der Waals surface area contributed by atoms with Gasteiger partial charge in [0.05, 0.1) is 12.0 Å². The Morgan fingerprint density at radius 3 is 2.74 bits per heavy atom. The van der Waals surface area contributed by atoms with Crippen molar-refractivity contribution in [2.75, 3.05) is 19.6 Å². The average Bonchev–Trinajstić information content (AvgIpc) is 3.12. The maximum absolute atomic E-state index is 13.0. The molecule has 4 rings (SSSR count). The highest BCUT2D eigenvalue weighted by Gasteiger charge is 2.41. The summed E-state index contributed by atoms with van der Waals surface area (Å²) in [5.74, 6) is 0.860. The summed E-state index contributed by atoms with van der Waals surface area (Å²) in [4.78, 5) is 33.1. The van der Waals surface area contributed by atoms with E-state index in [1.54, 1.807) is 12.4 Å². The summed E-state index contributed by atoms with van der Waals surface area (Å²) < 4.78 is 0. The molecule has 0 spiro atoms. The standard InChI is InChI=1S/C18H23N3O2/c22-17-10-15(12-20(17)11-13-3-4-13)18(23)21-9-1-2-16(21)14-5-7-19-8-6-14/h5-8,13,15-16H,1-4,9-12H2/t15-,16-/m0/s1. The lowest BCUT2D eigenvalue weighted by molar-refractivity contribution is -0.136. The molecule has 2 amide bonds. The summed E-state index contributed by atoms with van der Waals surface area (Å²) in [6, 6.07) is 4.14. The van der Waals surface area contributed by atoms with Gasteiger partial charge >= 0.3 is 0 Å². The third kappa shape index (κ3) is 2.96. The van der Waals surface area contributed by atoms with Gasteiger partial charge in [-0.15, -0.1) is 0 Å². The Hall–Kier alpha value is -1.91. The first-order chi connectivity index (χ1) is 11.2. The molecule has 122 valence electrons. The van der Waals surface area contributed by atoms with E-state index in [4.69, 9.17) is 0 Å². The van der Waals surface area contributed by atoms with Gasteiger partial charge in [-0.25, -0.2) is 0 Å². The van der Waals surface area contributed by atoms with E-state index in [-0.39, 0.29) is 23.8 Å². The molecule has 5 heteroatoms. The molecule has 0 unspecified atom stereocenters. The molecule has 0 radical (unpaired) electrons. The van der Waals surface area contributed by atoms with Crippen LogP contribution in [0.25, 0.3) is 0 Å². The number of hydrogen-bond acceptors (Lipinski definition) is 3. The summed E-state index contributed by atoms with van der Waals surface area (Å²) in [5, 5.41) is 0. The van der Waals surface area contributed by atoms with Gasteiger partial charge in [0.1, 0.15) is 0 Å². The van der Waals surface area contributed by atoms with E-state index in [1.807, 2.05) is 21.9 Å². The first-order valence-corrected chi connectivity index (χ1v) is 8.70. The van der Waals surface area contributed by atoms with Crippen LogP contribution in [0.5, 0.6) is 0 Å². The summed E-state index contributed by atoms with van der Waals surface area (Å²) in [6.07, 6.45) is 8.47. The van der Waals surface area contributed by atoms with Crippen LogP contribution in [0.4, 0.5) is 0 Å². The summed E-state index contributed by atoms with van der Waals surface area (Å²) in [7, 11) is 0. The van der Waals surface area contributed by atoms with Gasteiger partial charge in [0.25, 0.3) is 0 Å². The maximum atomic E-state index is 13.0. The SMILES string of the molecule is O=C1C[C@H](C(=O)N2CCC[C@H]2c2ccncc2)CN1CC1CC1. The Kier molecular flexibility index (Phi) is 3.79. The van der Waals surface area contributed by atoms with E-state index in [2.05, 4.69) is 4.98 Å². The van der Waals surface area contributed by atoms with Crippen LogP contribution in [0.2, 0.25) is 0 Å². The van der Waals surface area contributed by atoms with Crippen molar-refractivity contribution in [1.82, 2.24) is 14.8 Å². The van der Waals surface area contributed by atoms with E-state index >= 15 is 0 Å². The third-order valence-corrected chi connectivity index (χ3v) is 5.37. The smallest absolute Gasteiger partial charge is 0.228 e. The van der Waals surface area contributed by atoms with Crippen LogP contribution in [-0.2, 0) is 9.59 Å². The van der Waals surface area contributed by atoms with Crippen molar-refractivity contribution in [3.05, 3.63) is 30.1 Å². The average molecular weight is 313 g/mol. The van der Waals surface area contributed by atoms with Crippen molar-refractivity contribution >= 4 is 11.8 Å².